The van der Waals surface area contributed by atoms with Crippen LogP contribution in [0.4, 0.5) is 0 Å². The van der Waals surface area contributed by atoms with Gasteiger partial charge in [-0.15, -0.1) is 0 Å². The van der Waals surface area contributed by atoms with Gasteiger partial charge in [0.15, 0.2) is 11.6 Å². The minimum Gasteiger partial charge on any atom is -0.307 e. The minimum absolute atomic E-state index is 0.554. The van der Waals surface area contributed by atoms with E-state index < -0.39 is 0 Å². The van der Waals surface area contributed by atoms with Gasteiger partial charge in [-0.1, -0.05) is 231 Å². The first-order valence-electron chi connectivity index (χ1n) is 23.0. The van der Waals surface area contributed by atoms with Gasteiger partial charge < -0.3 is 4.57 Å². The molecule has 0 N–H and O–H groups in total. The van der Waals surface area contributed by atoms with Crippen LogP contribution in [0.15, 0.2) is 249 Å². The first-order valence-corrected chi connectivity index (χ1v) is 23.0. The van der Waals surface area contributed by atoms with E-state index in [0.29, 0.717) is 17.6 Å². The SMILES string of the molecule is c1ccc(-c2ccc(-c3nc(-c4ccccc4)nc(-n4c5ccccc5c5c4ccc4c6ccccc6n(-c6c(-c7ccccc7)cccc6-c6ccc(-c7ccccc7)cc6)c45)n3)cc2)cc1. The average molecular weight is 868 g/mol. The van der Waals surface area contributed by atoms with Gasteiger partial charge in [-0.05, 0) is 51.6 Å². The molecule has 0 radical (unpaired) electrons. The van der Waals surface area contributed by atoms with Gasteiger partial charge in [0.05, 0.1) is 27.8 Å². The van der Waals surface area contributed by atoms with Crippen molar-refractivity contribution in [3.63, 3.8) is 0 Å². The van der Waals surface area contributed by atoms with Gasteiger partial charge in [0.1, 0.15) is 0 Å². The Morgan fingerprint density at radius 1 is 0.250 bits per heavy atom. The number of benzene rings is 10. The van der Waals surface area contributed by atoms with E-state index in [2.05, 4.69) is 234 Å². The van der Waals surface area contributed by atoms with Crippen molar-refractivity contribution < 1.29 is 0 Å². The van der Waals surface area contributed by atoms with Gasteiger partial charge in [0.25, 0.3) is 0 Å². The van der Waals surface area contributed by atoms with Gasteiger partial charge in [0, 0.05) is 43.8 Å². The Hall–Kier alpha value is -9.19. The highest BCUT2D eigenvalue weighted by molar-refractivity contribution is 6.26. The lowest BCUT2D eigenvalue weighted by Crippen LogP contribution is -2.06. The van der Waals surface area contributed by atoms with E-state index in [9.17, 15) is 0 Å². The van der Waals surface area contributed by atoms with Crippen molar-refractivity contribution in [3.8, 4) is 78.9 Å². The van der Waals surface area contributed by atoms with E-state index in [-0.39, 0.29) is 0 Å². The molecule has 5 heteroatoms. The summed E-state index contributed by atoms with van der Waals surface area (Å²) in [7, 11) is 0. The second-order valence-corrected chi connectivity index (χ2v) is 17.2. The topological polar surface area (TPSA) is 48.5 Å². The molecule has 0 aliphatic rings. The zero-order chi connectivity index (χ0) is 45.0. The third kappa shape index (κ3) is 6.59. The van der Waals surface area contributed by atoms with Crippen molar-refractivity contribution in [3.05, 3.63) is 249 Å². The predicted octanol–water partition coefficient (Wildman–Crippen LogP) is 16.1. The van der Waals surface area contributed by atoms with E-state index in [0.717, 1.165) is 83.0 Å². The van der Waals surface area contributed by atoms with Crippen LogP contribution in [0, 0.1) is 0 Å². The molecule has 0 saturated heterocycles. The zero-order valence-corrected chi connectivity index (χ0v) is 36.9. The van der Waals surface area contributed by atoms with Crippen molar-refractivity contribution >= 4 is 43.6 Å². The highest BCUT2D eigenvalue weighted by Gasteiger charge is 2.25. The molecule has 0 atom stereocenters. The monoisotopic (exact) mass is 867 g/mol. The predicted molar refractivity (Wildman–Crippen MR) is 281 cm³/mol. The quantitative estimate of drug-likeness (QED) is 0.153. The maximum atomic E-state index is 5.35. The Morgan fingerprint density at radius 3 is 1.24 bits per heavy atom. The summed E-state index contributed by atoms with van der Waals surface area (Å²) in [5.41, 5.74) is 16.5. The Morgan fingerprint density at radius 2 is 0.662 bits per heavy atom. The van der Waals surface area contributed by atoms with E-state index in [1.54, 1.807) is 0 Å². The van der Waals surface area contributed by atoms with Gasteiger partial charge in [-0.3, -0.25) is 4.57 Å². The number of para-hydroxylation sites is 3. The molecule has 3 heterocycles. The second kappa shape index (κ2) is 16.4. The fourth-order valence-electron chi connectivity index (χ4n) is 10.0. The molecule has 0 amide bonds. The molecule has 0 fully saturated rings. The molecular formula is C63H41N5. The molecule has 0 aliphatic carbocycles. The van der Waals surface area contributed by atoms with Crippen molar-refractivity contribution in [2.45, 2.75) is 0 Å². The number of nitrogens with zero attached hydrogens (tertiary/aromatic N) is 5. The van der Waals surface area contributed by atoms with Crippen molar-refractivity contribution in [2.75, 3.05) is 0 Å². The highest BCUT2D eigenvalue weighted by atomic mass is 15.2. The molecule has 0 spiro atoms. The molecule has 0 bridgehead atoms. The summed E-state index contributed by atoms with van der Waals surface area (Å²) < 4.78 is 4.75. The Bertz CT molecular complexity index is 3970. The van der Waals surface area contributed by atoms with E-state index in [1.807, 2.05) is 24.3 Å². The van der Waals surface area contributed by atoms with Crippen LogP contribution in [0.1, 0.15) is 0 Å². The molecule has 13 rings (SSSR count). The Labute approximate surface area is 393 Å². The molecule has 0 saturated carbocycles. The summed E-state index contributed by atoms with van der Waals surface area (Å²) >= 11 is 0. The number of fused-ring (bicyclic) bond motifs is 7. The molecular weight excluding hydrogens is 827 g/mol. The van der Waals surface area contributed by atoms with Crippen LogP contribution in [0.25, 0.3) is 123 Å². The van der Waals surface area contributed by atoms with E-state index in [1.165, 1.54) is 21.9 Å². The number of hydrogen-bond donors (Lipinski definition) is 0. The summed E-state index contributed by atoms with van der Waals surface area (Å²) in [6.45, 7) is 0. The molecule has 13 aromatic rings. The summed E-state index contributed by atoms with van der Waals surface area (Å²) in [6, 6.07) is 88.3. The summed E-state index contributed by atoms with van der Waals surface area (Å²) in [5.74, 6) is 1.77. The lowest BCUT2D eigenvalue weighted by atomic mass is 9.94. The molecule has 0 aliphatic heterocycles. The van der Waals surface area contributed by atoms with Crippen molar-refractivity contribution in [1.82, 2.24) is 24.1 Å². The van der Waals surface area contributed by atoms with E-state index >= 15 is 0 Å². The average Bonchev–Trinajstić information content (AvgIpc) is 3.94. The van der Waals surface area contributed by atoms with Crippen LogP contribution >= 0.6 is 0 Å². The maximum absolute atomic E-state index is 5.35. The summed E-state index contributed by atoms with van der Waals surface area (Å²) in [4.78, 5) is 15.8. The molecule has 318 valence electrons. The van der Waals surface area contributed by atoms with Gasteiger partial charge in [-0.25, -0.2) is 4.98 Å². The van der Waals surface area contributed by atoms with Gasteiger partial charge >= 0.3 is 0 Å². The van der Waals surface area contributed by atoms with Crippen LogP contribution < -0.4 is 0 Å². The standard InChI is InChI=1S/C63H41N5/c1-5-18-42(19-6-1)44-32-36-47(37-33-44)51-29-17-28-50(46-22-9-3-10-23-46)59(51)68-55-30-15-13-26-52(55)53-40-41-57-58(60(53)68)54-27-14-16-31-56(54)67(57)63-65-61(48-24-11-4-12-25-48)64-62(66-63)49-38-34-45(35-39-49)43-20-7-2-8-21-43/h1-41H. The van der Waals surface area contributed by atoms with Gasteiger partial charge in [-0.2, -0.15) is 9.97 Å². The van der Waals surface area contributed by atoms with Crippen LogP contribution in [0.3, 0.4) is 0 Å². The fourth-order valence-corrected chi connectivity index (χ4v) is 10.0. The smallest absolute Gasteiger partial charge is 0.238 e. The second-order valence-electron chi connectivity index (χ2n) is 17.2. The Kier molecular flexibility index (Phi) is 9.43. The van der Waals surface area contributed by atoms with Crippen molar-refractivity contribution in [1.29, 1.82) is 0 Å². The van der Waals surface area contributed by atoms with Crippen LogP contribution in [0.5, 0.6) is 0 Å². The number of hydrogen-bond acceptors (Lipinski definition) is 3. The fraction of sp³-hybridized carbons (Fsp3) is 0. The van der Waals surface area contributed by atoms with Crippen LogP contribution in [0.2, 0.25) is 0 Å². The number of aromatic nitrogens is 5. The lowest BCUT2D eigenvalue weighted by molar-refractivity contribution is 0.953. The molecule has 68 heavy (non-hydrogen) atoms. The largest absolute Gasteiger partial charge is 0.307 e. The molecule has 5 nitrogen and oxygen atoms in total. The third-order valence-electron chi connectivity index (χ3n) is 13.2. The Balaban J connectivity index is 1.09. The van der Waals surface area contributed by atoms with Crippen LogP contribution in [-0.4, -0.2) is 24.1 Å². The zero-order valence-electron chi connectivity index (χ0n) is 36.9. The molecule has 3 aromatic heterocycles. The highest BCUT2D eigenvalue weighted by Crippen LogP contribution is 2.46. The maximum Gasteiger partial charge on any atom is 0.238 e. The summed E-state index contributed by atoms with van der Waals surface area (Å²) in [5, 5.41) is 4.59. The minimum atomic E-state index is 0.554. The third-order valence-corrected chi connectivity index (χ3v) is 13.2. The van der Waals surface area contributed by atoms with Gasteiger partial charge in [0.2, 0.25) is 5.95 Å². The summed E-state index contributed by atoms with van der Waals surface area (Å²) in [6.07, 6.45) is 0. The molecule has 0 unspecified atom stereocenters. The normalized spacial score (nSPS) is 11.5. The van der Waals surface area contributed by atoms with Crippen LogP contribution in [-0.2, 0) is 0 Å². The molecule has 10 aromatic carbocycles. The first kappa shape index (κ1) is 39.2. The first-order chi connectivity index (χ1) is 33.7. The van der Waals surface area contributed by atoms with Crippen molar-refractivity contribution in [2.24, 2.45) is 0 Å². The van der Waals surface area contributed by atoms with E-state index in [4.69, 9.17) is 15.0 Å². The lowest BCUT2D eigenvalue weighted by Gasteiger charge is -2.20. The number of rotatable bonds is 8.